The van der Waals surface area contributed by atoms with E-state index in [0.29, 0.717) is 12.2 Å². The van der Waals surface area contributed by atoms with Gasteiger partial charge < -0.3 is 5.32 Å². The van der Waals surface area contributed by atoms with E-state index >= 15 is 0 Å². The third kappa shape index (κ3) is 4.61. The van der Waals surface area contributed by atoms with Crippen molar-refractivity contribution in [1.82, 2.24) is 9.97 Å². The van der Waals surface area contributed by atoms with Gasteiger partial charge >= 0.3 is 0 Å². The predicted octanol–water partition coefficient (Wildman–Crippen LogP) is 4.32. The second kappa shape index (κ2) is 8.79. The van der Waals surface area contributed by atoms with Gasteiger partial charge in [0.15, 0.2) is 24.8 Å². The quantitative estimate of drug-likeness (QED) is 0.492. The molecule has 1 amide bonds. The third-order valence-corrected chi connectivity index (χ3v) is 4.80. The van der Waals surface area contributed by atoms with Crippen LogP contribution < -0.4 is 9.88 Å². The van der Waals surface area contributed by atoms with Gasteiger partial charge in [0.2, 0.25) is 0 Å². The maximum atomic E-state index is 13.8. The lowest BCUT2D eigenvalue weighted by atomic mass is 10.1. The molecule has 0 radical (unpaired) electrons. The second-order valence-electron chi connectivity index (χ2n) is 7.04. The minimum atomic E-state index is -0.940. The molecule has 5 nitrogen and oxygen atoms in total. The zero-order valence-electron chi connectivity index (χ0n) is 16.7. The van der Waals surface area contributed by atoms with Crippen LogP contribution in [-0.2, 0) is 6.54 Å². The fourth-order valence-electron chi connectivity index (χ4n) is 3.19. The summed E-state index contributed by atoms with van der Waals surface area (Å²) in [7, 11) is 0. The van der Waals surface area contributed by atoms with E-state index in [-0.39, 0.29) is 5.82 Å². The van der Waals surface area contributed by atoms with Gasteiger partial charge in [0.25, 0.3) is 5.91 Å². The van der Waals surface area contributed by atoms with E-state index in [1.165, 1.54) is 24.0 Å². The van der Waals surface area contributed by atoms with Gasteiger partial charge in [-0.3, -0.25) is 9.78 Å². The van der Waals surface area contributed by atoms with Crippen LogP contribution in [0.5, 0.6) is 0 Å². The first-order valence-electron chi connectivity index (χ1n) is 9.62. The van der Waals surface area contributed by atoms with Crippen molar-refractivity contribution in [3.05, 3.63) is 108 Å². The molecule has 2 aromatic carbocycles. The van der Waals surface area contributed by atoms with Crippen LogP contribution in [0.15, 0.2) is 79.4 Å². The summed E-state index contributed by atoms with van der Waals surface area (Å²) >= 11 is 0. The highest BCUT2D eigenvalue weighted by atomic mass is 19.1. The SMILES string of the molecule is Cc1cc[n+](Cc2ccccc2)cc1-c1cnc(NC(=O)c2c(F)cccc2F)cn1. The molecule has 0 spiro atoms. The van der Waals surface area contributed by atoms with Gasteiger partial charge in [0.1, 0.15) is 17.2 Å². The maximum absolute atomic E-state index is 13.8. The maximum Gasteiger partial charge on any atom is 0.262 e. The van der Waals surface area contributed by atoms with Crippen LogP contribution in [0, 0.1) is 18.6 Å². The summed E-state index contributed by atoms with van der Waals surface area (Å²) in [6, 6.07) is 15.3. The molecule has 7 heteroatoms. The largest absolute Gasteiger partial charge is 0.305 e. The molecule has 0 aliphatic carbocycles. The van der Waals surface area contributed by atoms with Crippen molar-refractivity contribution < 1.29 is 18.1 Å². The first-order chi connectivity index (χ1) is 15.0. The van der Waals surface area contributed by atoms with E-state index in [1.54, 1.807) is 0 Å². The average Bonchev–Trinajstić information content (AvgIpc) is 2.76. The van der Waals surface area contributed by atoms with E-state index in [4.69, 9.17) is 0 Å². The van der Waals surface area contributed by atoms with E-state index in [9.17, 15) is 13.6 Å². The lowest BCUT2D eigenvalue weighted by Crippen LogP contribution is -2.33. The lowest BCUT2D eigenvalue weighted by Gasteiger charge is -2.08. The van der Waals surface area contributed by atoms with E-state index < -0.39 is 23.1 Å². The van der Waals surface area contributed by atoms with Gasteiger partial charge in [-0.05, 0) is 24.6 Å². The Labute approximate surface area is 178 Å². The molecule has 31 heavy (non-hydrogen) atoms. The van der Waals surface area contributed by atoms with E-state index in [2.05, 4.69) is 32.0 Å². The summed E-state index contributed by atoms with van der Waals surface area (Å²) in [5.74, 6) is -2.70. The normalized spacial score (nSPS) is 10.7. The molecule has 0 unspecified atom stereocenters. The standard InChI is InChI=1S/C24H18F2N4O/c1-16-10-11-30(14-17-6-3-2-4-7-17)15-18(16)21-12-28-22(13-27-21)29-24(31)23-19(25)8-5-9-20(23)26/h2-13,15H,14H2,1H3/p+1. The molecule has 0 aliphatic heterocycles. The first kappa shape index (κ1) is 20.3. The van der Waals surface area contributed by atoms with Crippen LogP contribution in [0.4, 0.5) is 14.6 Å². The number of rotatable bonds is 5. The number of carbonyl (C=O) groups excluding carboxylic acids is 1. The van der Waals surface area contributed by atoms with Gasteiger partial charge in [0.05, 0.1) is 23.7 Å². The molecule has 2 heterocycles. The number of carbonyl (C=O) groups is 1. The minimum Gasteiger partial charge on any atom is -0.305 e. The molecule has 0 atom stereocenters. The number of aryl methyl sites for hydroxylation is 1. The smallest absolute Gasteiger partial charge is 0.262 e. The van der Waals surface area contributed by atoms with E-state index in [0.717, 1.165) is 23.3 Å². The first-order valence-corrected chi connectivity index (χ1v) is 9.62. The Morgan fingerprint density at radius 2 is 1.71 bits per heavy atom. The van der Waals surface area contributed by atoms with Crippen LogP contribution in [0.3, 0.4) is 0 Å². The Morgan fingerprint density at radius 3 is 2.39 bits per heavy atom. The molecule has 2 aromatic heterocycles. The molecule has 154 valence electrons. The fourth-order valence-corrected chi connectivity index (χ4v) is 3.19. The van der Waals surface area contributed by atoms with Crippen molar-refractivity contribution in [2.75, 3.05) is 5.32 Å². The summed E-state index contributed by atoms with van der Waals surface area (Å²) in [4.78, 5) is 20.8. The van der Waals surface area contributed by atoms with Crippen molar-refractivity contribution >= 4 is 11.7 Å². The Kier molecular flexibility index (Phi) is 5.75. The summed E-state index contributed by atoms with van der Waals surface area (Å²) in [5, 5.41) is 2.38. The number of nitrogens with one attached hydrogen (secondary N) is 1. The zero-order valence-corrected chi connectivity index (χ0v) is 16.7. The van der Waals surface area contributed by atoms with Gasteiger partial charge in [-0.2, -0.15) is 0 Å². The number of hydrogen-bond acceptors (Lipinski definition) is 3. The number of halogens is 2. The molecule has 0 saturated carbocycles. The van der Waals surface area contributed by atoms with Crippen molar-refractivity contribution in [2.24, 2.45) is 0 Å². The summed E-state index contributed by atoms with van der Waals surface area (Å²) in [6.45, 7) is 2.68. The topological polar surface area (TPSA) is 58.8 Å². The number of hydrogen-bond donors (Lipinski definition) is 1. The van der Waals surface area contributed by atoms with Crippen LogP contribution in [0.25, 0.3) is 11.3 Å². The number of anilines is 1. The Bertz CT molecular complexity index is 1210. The van der Waals surface area contributed by atoms with Crippen molar-refractivity contribution in [3.8, 4) is 11.3 Å². The summed E-state index contributed by atoms with van der Waals surface area (Å²) in [5.41, 5.74) is 3.05. The molecule has 4 rings (SSSR count). The van der Waals surface area contributed by atoms with Crippen molar-refractivity contribution in [2.45, 2.75) is 13.5 Å². The number of nitrogens with zero attached hydrogens (tertiary/aromatic N) is 3. The Balaban J connectivity index is 1.54. The van der Waals surface area contributed by atoms with Crippen LogP contribution in [0.2, 0.25) is 0 Å². The molecule has 0 bridgehead atoms. The highest BCUT2D eigenvalue weighted by Crippen LogP contribution is 2.20. The third-order valence-electron chi connectivity index (χ3n) is 4.80. The monoisotopic (exact) mass is 417 g/mol. The lowest BCUT2D eigenvalue weighted by molar-refractivity contribution is -0.687. The van der Waals surface area contributed by atoms with Crippen molar-refractivity contribution in [3.63, 3.8) is 0 Å². The van der Waals surface area contributed by atoms with E-state index in [1.807, 2.05) is 43.6 Å². The molecular weight excluding hydrogens is 398 g/mol. The second-order valence-corrected chi connectivity index (χ2v) is 7.04. The number of amides is 1. The average molecular weight is 417 g/mol. The summed E-state index contributed by atoms with van der Waals surface area (Å²) < 4.78 is 29.6. The molecule has 4 aromatic rings. The molecule has 0 fully saturated rings. The highest BCUT2D eigenvalue weighted by molar-refractivity contribution is 6.04. The predicted molar refractivity (Wildman–Crippen MR) is 112 cm³/mol. The Morgan fingerprint density at radius 1 is 0.968 bits per heavy atom. The van der Waals surface area contributed by atoms with Gasteiger partial charge in [0, 0.05) is 11.6 Å². The van der Waals surface area contributed by atoms with Gasteiger partial charge in [-0.1, -0.05) is 36.4 Å². The minimum absolute atomic E-state index is 0.0992. The number of benzene rings is 2. The van der Waals surface area contributed by atoms with Crippen molar-refractivity contribution in [1.29, 1.82) is 0 Å². The fraction of sp³-hybridized carbons (Fsp3) is 0.0833. The molecule has 0 saturated heterocycles. The van der Waals surface area contributed by atoms with Crippen LogP contribution in [0.1, 0.15) is 21.5 Å². The molecule has 0 aliphatic rings. The van der Waals surface area contributed by atoms with Gasteiger partial charge in [-0.25, -0.2) is 18.3 Å². The van der Waals surface area contributed by atoms with Gasteiger partial charge in [-0.15, -0.1) is 0 Å². The highest BCUT2D eigenvalue weighted by Gasteiger charge is 2.18. The summed E-state index contributed by atoms with van der Waals surface area (Å²) in [6.07, 6.45) is 6.86. The Hall–Kier alpha value is -4.00. The number of aromatic nitrogens is 3. The molecular formula is C24H19F2N4O+. The number of pyridine rings is 1. The molecule has 1 N–H and O–H groups in total. The van der Waals surface area contributed by atoms with Crippen LogP contribution >= 0.6 is 0 Å². The van der Waals surface area contributed by atoms with Crippen LogP contribution in [-0.4, -0.2) is 15.9 Å². The zero-order chi connectivity index (χ0) is 21.8.